The van der Waals surface area contributed by atoms with Crippen molar-refractivity contribution < 1.29 is 9.47 Å². The van der Waals surface area contributed by atoms with E-state index in [2.05, 4.69) is 13.1 Å². The first kappa shape index (κ1) is 24.2. The highest BCUT2D eigenvalue weighted by Crippen LogP contribution is 2.14. The zero-order valence-electron chi connectivity index (χ0n) is 18.1. The maximum atomic E-state index is 5.57. The van der Waals surface area contributed by atoms with Crippen LogP contribution < -0.4 is 0 Å². The van der Waals surface area contributed by atoms with Gasteiger partial charge in [-0.05, 0) is 6.42 Å². The summed E-state index contributed by atoms with van der Waals surface area (Å²) in [6.07, 6.45) is 23.5. The molecule has 0 aromatic carbocycles. The van der Waals surface area contributed by atoms with Crippen molar-refractivity contribution in [3.8, 4) is 0 Å². The smallest absolute Gasteiger partial charge is 0.104 e. The highest BCUT2D eigenvalue weighted by molar-refractivity contribution is 6.55. The monoisotopic (exact) mass is 384 g/mol. The molecule has 0 radical (unpaired) electrons. The van der Waals surface area contributed by atoms with Gasteiger partial charge in [0, 0.05) is 15.4 Å². The Morgan fingerprint density at radius 1 is 0.654 bits per heavy atom. The van der Waals surface area contributed by atoms with Crippen molar-refractivity contribution in [3.05, 3.63) is 0 Å². The molecule has 1 rings (SSSR count). The molecule has 1 saturated heterocycles. The summed E-state index contributed by atoms with van der Waals surface area (Å²) in [5, 5.41) is 0. The van der Waals surface area contributed by atoms with Gasteiger partial charge in [0.15, 0.2) is 0 Å². The summed E-state index contributed by atoms with van der Waals surface area (Å²) < 4.78 is 10.7. The van der Waals surface area contributed by atoms with Gasteiger partial charge >= 0.3 is 0 Å². The van der Waals surface area contributed by atoms with Crippen molar-refractivity contribution in [2.24, 2.45) is 0 Å². The Hall–Kier alpha value is 0.137. The lowest BCUT2D eigenvalue weighted by Gasteiger charge is -2.05. The van der Waals surface area contributed by atoms with Gasteiger partial charge < -0.3 is 9.47 Å². The summed E-state index contributed by atoms with van der Waals surface area (Å²) in [6.45, 7) is 7.62. The standard InChI is InChI=1S/C23H48O2Si/c1-26(2)20-18-16-14-12-10-8-6-4-3-5-7-9-11-13-15-17-19-24-21-23-22-25-23/h23,26H,3-22H2,1-2H3. The Bertz CT molecular complexity index is 259. The summed E-state index contributed by atoms with van der Waals surface area (Å²) in [5.74, 6) is 0. The van der Waals surface area contributed by atoms with Gasteiger partial charge in [0.1, 0.15) is 6.10 Å². The lowest BCUT2D eigenvalue weighted by atomic mass is 10.0. The van der Waals surface area contributed by atoms with E-state index in [0.29, 0.717) is 6.10 Å². The molecule has 0 saturated carbocycles. The van der Waals surface area contributed by atoms with Crippen LogP contribution in [-0.4, -0.2) is 34.7 Å². The van der Waals surface area contributed by atoms with E-state index in [9.17, 15) is 0 Å². The fourth-order valence-electron chi connectivity index (χ4n) is 3.61. The van der Waals surface area contributed by atoms with Crippen molar-refractivity contribution in [3.63, 3.8) is 0 Å². The van der Waals surface area contributed by atoms with Gasteiger partial charge in [-0.15, -0.1) is 0 Å². The Morgan fingerprint density at radius 3 is 1.42 bits per heavy atom. The number of hydrogen-bond acceptors (Lipinski definition) is 2. The predicted molar refractivity (Wildman–Crippen MR) is 118 cm³/mol. The predicted octanol–water partition coefficient (Wildman–Crippen LogP) is 7.13. The molecule has 1 unspecified atom stereocenters. The molecule has 1 aliphatic heterocycles. The van der Waals surface area contributed by atoms with Crippen LogP contribution in [0.4, 0.5) is 0 Å². The van der Waals surface area contributed by atoms with Gasteiger partial charge in [0.05, 0.1) is 13.2 Å². The third-order valence-electron chi connectivity index (χ3n) is 5.53. The Balaban J connectivity index is 1.60. The van der Waals surface area contributed by atoms with Crippen molar-refractivity contribution in [1.82, 2.24) is 0 Å². The number of hydrogen-bond donors (Lipinski definition) is 0. The van der Waals surface area contributed by atoms with E-state index in [0.717, 1.165) is 19.8 Å². The van der Waals surface area contributed by atoms with Crippen LogP contribution in [0.1, 0.15) is 103 Å². The first-order valence-corrected chi connectivity index (χ1v) is 15.1. The molecule has 156 valence electrons. The third kappa shape index (κ3) is 18.9. The van der Waals surface area contributed by atoms with Crippen molar-refractivity contribution in [2.75, 3.05) is 19.8 Å². The summed E-state index contributed by atoms with van der Waals surface area (Å²) in [5.41, 5.74) is 0. The van der Waals surface area contributed by atoms with Crippen LogP contribution >= 0.6 is 0 Å². The fraction of sp³-hybridized carbons (Fsp3) is 1.00. The molecule has 0 aromatic heterocycles. The molecular weight excluding hydrogens is 336 g/mol. The van der Waals surface area contributed by atoms with Crippen LogP contribution in [0, 0.1) is 0 Å². The van der Waals surface area contributed by atoms with E-state index >= 15 is 0 Å². The van der Waals surface area contributed by atoms with Crippen molar-refractivity contribution in [2.45, 2.75) is 128 Å². The minimum atomic E-state index is -0.278. The topological polar surface area (TPSA) is 21.8 Å². The van der Waals surface area contributed by atoms with Gasteiger partial charge in [-0.1, -0.05) is 115 Å². The van der Waals surface area contributed by atoms with Gasteiger partial charge in [-0.3, -0.25) is 0 Å². The molecule has 26 heavy (non-hydrogen) atoms. The maximum absolute atomic E-state index is 5.57. The largest absolute Gasteiger partial charge is 0.379 e. The van der Waals surface area contributed by atoms with Crippen LogP contribution in [0.2, 0.25) is 19.1 Å². The van der Waals surface area contributed by atoms with E-state index in [1.54, 1.807) is 6.04 Å². The van der Waals surface area contributed by atoms with Crippen LogP contribution in [0.25, 0.3) is 0 Å². The molecule has 0 aromatic rings. The zero-order chi connectivity index (χ0) is 18.7. The fourth-order valence-corrected chi connectivity index (χ4v) is 4.72. The number of rotatable bonds is 21. The Morgan fingerprint density at radius 2 is 1.04 bits per heavy atom. The summed E-state index contributed by atoms with van der Waals surface area (Å²) in [6, 6.07) is 1.56. The molecule has 0 aliphatic carbocycles. The average Bonchev–Trinajstić information content (AvgIpc) is 3.44. The molecule has 3 heteroatoms. The number of ether oxygens (including phenoxy) is 2. The van der Waals surface area contributed by atoms with Crippen LogP contribution in [0.5, 0.6) is 0 Å². The normalized spacial score (nSPS) is 16.5. The van der Waals surface area contributed by atoms with Gasteiger partial charge in [0.2, 0.25) is 0 Å². The second-order valence-corrected chi connectivity index (χ2v) is 12.2. The number of unbranched alkanes of at least 4 members (excludes halogenated alkanes) is 15. The van der Waals surface area contributed by atoms with Gasteiger partial charge in [-0.25, -0.2) is 0 Å². The molecular formula is C23H48O2Si. The average molecular weight is 385 g/mol. The molecule has 0 spiro atoms. The first-order valence-electron chi connectivity index (χ1n) is 12.0. The highest BCUT2D eigenvalue weighted by atomic mass is 28.3. The minimum absolute atomic E-state index is 0.278. The molecule has 1 atom stereocenters. The maximum Gasteiger partial charge on any atom is 0.104 e. The molecule has 0 amide bonds. The summed E-state index contributed by atoms with van der Waals surface area (Å²) in [4.78, 5) is 0. The molecule has 1 fully saturated rings. The lowest BCUT2D eigenvalue weighted by molar-refractivity contribution is 0.113. The molecule has 0 bridgehead atoms. The highest BCUT2D eigenvalue weighted by Gasteiger charge is 2.21. The Labute approximate surface area is 166 Å². The van der Waals surface area contributed by atoms with Crippen LogP contribution in [0.3, 0.4) is 0 Å². The molecule has 1 heterocycles. The van der Waals surface area contributed by atoms with Crippen LogP contribution in [-0.2, 0) is 9.47 Å². The van der Waals surface area contributed by atoms with Gasteiger partial charge in [-0.2, -0.15) is 0 Å². The quantitative estimate of drug-likeness (QED) is 0.119. The second-order valence-electron chi connectivity index (χ2n) is 8.87. The second kappa shape index (κ2) is 18.5. The van der Waals surface area contributed by atoms with Crippen molar-refractivity contribution in [1.29, 1.82) is 0 Å². The molecule has 2 nitrogen and oxygen atoms in total. The van der Waals surface area contributed by atoms with Crippen molar-refractivity contribution >= 4 is 8.80 Å². The molecule has 0 N–H and O–H groups in total. The third-order valence-corrected chi connectivity index (χ3v) is 7.09. The van der Waals surface area contributed by atoms with E-state index < -0.39 is 0 Å². The minimum Gasteiger partial charge on any atom is -0.379 e. The Kier molecular flexibility index (Phi) is 17.2. The van der Waals surface area contributed by atoms with E-state index in [1.807, 2.05) is 0 Å². The SMILES string of the molecule is C[SiH](C)CCCCCCCCCCCCCCCCCCOCC1CO1. The summed E-state index contributed by atoms with van der Waals surface area (Å²) >= 11 is 0. The van der Waals surface area contributed by atoms with E-state index in [-0.39, 0.29) is 8.80 Å². The van der Waals surface area contributed by atoms with E-state index in [1.165, 1.54) is 103 Å². The van der Waals surface area contributed by atoms with Gasteiger partial charge in [0.25, 0.3) is 0 Å². The summed E-state index contributed by atoms with van der Waals surface area (Å²) in [7, 11) is -0.278. The number of epoxide rings is 1. The van der Waals surface area contributed by atoms with E-state index in [4.69, 9.17) is 9.47 Å². The molecule has 1 aliphatic rings. The zero-order valence-corrected chi connectivity index (χ0v) is 19.3. The first-order chi connectivity index (χ1) is 12.8. The van der Waals surface area contributed by atoms with Crippen LogP contribution in [0.15, 0.2) is 0 Å². The lowest BCUT2D eigenvalue weighted by Crippen LogP contribution is -2.02.